The highest BCUT2D eigenvalue weighted by molar-refractivity contribution is 7.10. The maximum atomic E-state index is 14.5. The number of hydrogen-bond donors (Lipinski definition) is 4. The number of aliphatic hydroxyl groups excluding tert-OH is 1. The van der Waals surface area contributed by atoms with Crippen molar-refractivity contribution in [1.29, 1.82) is 0 Å². The number of likely N-dealkylation sites (tertiary alicyclic amines) is 2. The average Bonchev–Trinajstić information content (AvgIpc) is 1.56. The van der Waals surface area contributed by atoms with Gasteiger partial charge < -0.3 is 49.8 Å². The number of aldehydes is 1. The largest absolute Gasteiger partial charge is 0.490 e. The predicted molar refractivity (Wildman–Crippen MR) is 363 cm³/mol. The summed E-state index contributed by atoms with van der Waals surface area (Å²) in [5.41, 5.74) is 2.61. The molecule has 2 aliphatic heterocycles. The van der Waals surface area contributed by atoms with E-state index in [0.29, 0.717) is 24.6 Å². The Morgan fingerprint density at radius 1 is 0.656 bits per heavy atom. The summed E-state index contributed by atoms with van der Waals surface area (Å²) in [6, 6.07) is 21.3. The number of carbonyl (C=O) groups is 7. The zero-order valence-electron chi connectivity index (χ0n) is 56.0. The Hall–Kier alpha value is -7.74. The van der Waals surface area contributed by atoms with Crippen LogP contribution in [0, 0.1) is 11.8 Å². The number of nitrogens with one attached hydrogen (secondary N) is 3. The van der Waals surface area contributed by atoms with Gasteiger partial charge in [0.2, 0.25) is 29.9 Å². The molecule has 2 aromatic heterocycles. The first kappa shape index (κ1) is 74.1. The van der Waals surface area contributed by atoms with Crippen molar-refractivity contribution in [2.75, 3.05) is 53.6 Å². The molecule has 0 radical (unpaired) electrons. The molecule has 6 aromatic rings. The number of aromatic nitrogens is 2. The third kappa shape index (κ3) is 19.5. The molecule has 520 valence electrons. The number of nitrogens with zero attached hydrogens (tertiary/aromatic N) is 5. The van der Waals surface area contributed by atoms with E-state index in [9.17, 15) is 47.0 Å². The summed E-state index contributed by atoms with van der Waals surface area (Å²) in [7, 11) is 3.30. The minimum absolute atomic E-state index is 0.00899. The van der Waals surface area contributed by atoms with E-state index in [1.807, 2.05) is 88.1 Å². The molecule has 4 heterocycles. The van der Waals surface area contributed by atoms with Crippen molar-refractivity contribution in [3.8, 4) is 34.0 Å². The van der Waals surface area contributed by atoms with Crippen LogP contribution in [-0.4, -0.2) is 161 Å². The normalized spacial score (nSPS) is 18.2. The number of ether oxygens (including phenoxy) is 4. The van der Waals surface area contributed by atoms with Gasteiger partial charge in [-0.1, -0.05) is 99.2 Å². The van der Waals surface area contributed by atoms with E-state index in [2.05, 4.69) is 28.1 Å². The van der Waals surface area contributed by atoms with Crippen LogP contribution in [0.25, 0.3) is 44.1 Å². The van der Waals surface area contributed by atoms with Gasteiger partial charge >= 0.3 is 18.2 Å². The second-order valence-corrected chi connectivity index (χ2v) is 27.6. The van der Waals surface area contributed by atoms with Gasteiger partial charge in [0.1, 0.15) is 65.1 Å². The highest BCUT2D eigenvalue weighted by Gasteiger charge is 2.43. The number of alkyl halides is 3. The van der Waals surface area contributed by atoms with E-state index in [-0.39, 0.29) is 86.0 Å². The van der Waals surface area contributed by atoms with E-state index < -0.39 is 42.3 Å². The first-order valence-corrected chi connectivity index (χ1v) is 35.0. The summed E-state index contributed by atoms with van der Waals surface area (Å²) < 4.78 is 53.8. The van der Waals surface area contributed by atoms with Crippen molar-refractivity contribution in [2.45, 2.75) is 179 Å². The Bertz CT molecular complexity index is 3620. The number of hydrogen-bond acceptors (Lipinski definition) is 17. The highest BCUT2D eigenvalue weighted by atomic mass is 32.1. The second kappa shape index (κ2) is 34.5. The zero-order valence-corrected chi connectivity index (χ0v) is 57.7. The van der Waals surface area contributed by atoms with Crippen LogP contribution in [0.5, 0.6) is 11.5 Å². The van der Waals surface area contributed by atoms with Gasteiger partial charge in [-0.15, -0.1) is 22.7 Å². The standard InChI is InChI=1S/C38H50N4O7S.C31H40N4O4S.C2HF3O/c1-24(41(6)37(46)49-38(3,4)5)34(44)40-33(27-14-8-7-9-15-27)36(45)42-20-12-17-30(42)35-39-29(23-50-35)32-28-16-11-10-13-26(28)18-19-31(32)48-22-21-47-25(2)43;1-20(32-2)29(37)34-28(22-10-4-3-5-11-22)31(38)35-16-8-13-25(35)30-33-24(19-40-30)27-23-12-7-6-9-21(23)14-15-26(27)39-18-17-36;3-2(4,5)1-6/h10-11,13,16,18-19,23-24,27,30,33H,7-9,12,14-15,17,20-22H2,1-6H3,(H,40,44);6-7,9,12,14-15,19-20,22,25,28,32,36H,3-5,8,10-11,13,16-18H2,1-2H3,(H,34,37);1H/t24-,30-,33-;20-,25-,28-;/m00./s1. The number of rotatable bonds is 21. The molecule has 5 amide bonds. The zero-order chi connectivity index (χ0) is 69.3. The lowest BCUT2D eigenvalue weighted by Crippen LogP contribution is -2.56. The highest BCUT2D eigenvalue weighted by Crippen LogP contribution is 2.44. The number of fused-ring (bicyclic) bond motifs is 2. The minimum atomic E-state index is -4.64. The third-order valence-electron chi connectivity index (χ3n) is 17.9. The molecule has 0 spiro atoms. The molecule has 2 saturated heterocycles. The number of carbonyl (C=O) groups excluding carboxylic acids is 7. The molecule has 20 nitrogen and oxygen atoms in total. The molecule has 10 rings (SSSR count). The van der Waals surface area contributed by atoms with Crippen molar-refractivity contribution in [3.05, 3.63) is 93.6 Å². The van der Waals surface area contributed by atoms with Crippen LogP contribution >= 0.6 is 22.7 Å². The predicted octanol–water partition coefficient (Wildman–Crippen LogP) is 12.3. The minimum Gasteiger partial charge on any atom is -0.490 e. The van der Waals surface area contributed by atoms with Crippen molar-refractivity contribution < 1.29 is 70.8 Å². The van der Waals surface area contributed by atoms with Crippen LogP contribution in [0.15, 0.2) is 83.6 Å². The van der Waals surface area contributed by atoms with Gasteiger partial charge in [0.15, 0.2) is 0 Å². The summed E-state index contributed by atoms with van der Waals surface area (Å²) in [4.78, 5) is 103. The van der Waals surface area contributed by atoms with Gasteiger partial charge in [-0.3, -0.25) is 33.7 Å². The Kier molecular flexibility index (Phi) is 26.6. The molecular formula is C71H91F3N8O12S2. The Morgan fingerprint density at radius 3 is 1.53 bits per heavy atom. The topological polar surface area (TPSA) is 248 Å². The molecule has 25 heteroatoms. The van der Waals surface area contributed by atoms with E-state index >= 15 is 0 Å². The van der Waals surface area contributed by atoms with Crippen LogP contribution in [0.1, 0.15) is 154 Å². The van der Waals surface area contributed by atoms with Gasteiger partial charge in [0.25, 0.3) is 0 Å². The monoisotopic (exact) mass is 1370 g/mol. The smallest absolute Gasteiger partial charge is 0.446 e. The second-order valence-electron chi connectivity index (χ2n) is 25.8. The van der Waals surface area contributed by atoms with E-state index in [1.54, 1.807) is 53.1 Å². The van der Waals surface area contributed by atoms with Crippen LogP contribution < -0.4 is 25.4 Å². The fraction of sp³-hybridized carbons (Fsp3) is 0.535. The first-order chi connectivity index (χ1) is 45.9. The maximum absolute atomic E-state index is 14.5. The average molecular weight is 1370 g/mol. The lowest BCUT2D eigenvalue weighted by atomic mass is 9.83. The lowest BCUT2D eigenvalue weighted by Gasteiger charge is -2.36. The number of aliphatic hydroxyl groups is 1. The number of halogens is 3. The van der Waals surface area contributed by atoms with Crippen LogP contribution in [0.2, 0.25) is 0 Å². The third-order valence-corrected chi connectivity index (χ3v) is 19.8. The van der Waals surface area contributed by atoms with Crippen molar-refractivity contribution in [2.24, 2.45) is 11.8 Å². The van der Waals surface area contributed by atoms with Crippen molar-refractivity contribution in [1.82, 2.24) is 40.6 Å². The summed E-state index contributed by atoms with van der Waals surface area (Å²) >= 11 is 3.08. The van der Waals surface area contributed by atoms with E-state index in [1.165, 1.54) is 29.6 Å². The molecule has 4 N–H and O–H groups in total. The summed E-state index contributed by atoms with van der Waals surface area (Å²) in [5, 5.41) is 28.5. The number of likely N-dealkylation sites (N-methyl/N-ethyl adjacent to an activating group) is 2. The summed E-state index contributed by atoms with van der Waals surface area (Å²) in [6.45, 7) is 11.9. The molecular weight excluding hydrogens is 1280 g/mol. The lowest BCUT2D eigenvalue weighted by molar-refractivity contribution is -0.156. The first-order valence-electron chi connectivity index (χ1n) is 33.2. The summed E-state index contributed by atoms with van der Waals surface area (Å²) in [6.07, 6.45) is 7.18. The van der Waals surface area contributed by atoms with Crippen LogP contribution in [-0.2, 0) is 38.2 Å². The molecule has 4 aromatic carbocycles. The van der Waals surface area contributed by atoms with Crippen molar-refractivity contribution in [3.63, 3.8) is 0 Å². The molecule has 6 atom stereocenters. The van der Waals surface area contributed by atoms with Gasteiger partial charge in [0.05, 0.1) is 47.2 Å². The van der Waals surface area contributed by atoms with Gasteiger partial charge in [-0.05, 0) is 139 Å². The van der Waals surface area contributed by atoms with Gasteiger partial charge in [0, 0.05) is 37.8 Å². The van der Waals surface area contributed by atoms with E-state index in [4.69, 9.17) is 33.7 Å². The maximum Gasteiger partial charge on any atom is 0.446 e. The molecule has 0 unspecified atom stereocenters. The van der Waals surface area contributed by atoms with Crippen LogP contribution in [0.4, 0.5) is 18.0 Å². The summed E-state index contributed by atoms with van der Waals surface area (Å²) in [5.74, 6) is 0.521. The molecule has 4 fully saturated rings. The van der Waals surface area contributed by atoms with Gasteiger partial charge in [-0.2, -0.15) is 13.2 Å². The quantitative estimate of drug-likeness (QED) is 0.0297. The number of thiazole rings is 2. The Balaban J connectivity index is 0.000000231. The molecule has 2 aliphatic carbocycles. The van der Waals surface area contributed by atoms with Gasteiger partial charge in [-0.25, -0.2) is 14.8 Å². The number of benzene rings is 4. The van der Waals surface area contributed by atoms with E-state index in [0.717, 1.165) is 138 Å². The fourth-order valence-corrected chi connectivity index (χ4v) is 14.8. The number of amides is 5. The Morgan fingerprint density at radius 2 is 1.10 bits per heavy atom. The van der Waals surface area contributed by atoms with Crippen LogP contribution in [0.3, 0.4) is 0 Å². The molecule has 2 saturated carbocycles. The molecule has 96 heavy (non-hydrogen) atoms. The SMILES string of the molecule is CC(=O)OCCOc1ccc2ccccc2c1-c1csc([C@@H]2CCCN2C(=O)[C@@H](NC(=O)[C@H](C)N(C)C(=O)OC(C)(C)C)C2CCCCC2)n1.CN[C@@H](C)C(=O)N[C@H](C(=O)N1CCC[C@H]1c1nc(-c2c(OCCO)ccc3ccccc23)cs1)C1CCCCC1.O=CC(F)(F)F. The number of esters is 1. The molecule has 4 aliphatic rings. The van der Waals surface area contributed by atoms with Crippen molar-refractivity contribution >= 4 is 86.2 Å². The molecule has 0 bridgehead atoms. The Labute approximate surface area is 567 Å². The fourth-order valence-electron chi connectivity index (χ4n) is 12.9.